The van der Waals surface area contributed by atoms with Crippen molar-refractivity contribution in [2.24, 2.45) is 34.5 Å². The zero-order valence-electron chi connectivity index (χ0n) is 18.6. The summed E-state index contributed by atoms with van der Waals surface area (Å²) < 4.78 is 6.26. The first-order chi connectivity index (χ1) is 12.8. The smallest absolute Gasteiger partial charge is 0.0758 e. The van der Waals surface area contributed by atoms with Crippen molar-refractivity contribution in [1.82, 2.24) is 4.90 Å². The Balaban J connectivity index is 1.43. The van der Waals surface area contributed by atoms with Gasteiger partial charge in [0.05, 0.1) is 6.10 Å². The van der Waals surface area contributed by atoms with E-state index in [1.54, 1.807) is 5.57 Å². The zero-order chi connectivity index (χ0) is 19.2. The lowest BCUT2D eigenvalue weighted by Crippen LogP contribution is -2.50. The molecule has 0 amide bonds. The van der Waals surface area contributed by atoms with E-state index >= 15 is 0 Å². The molecule has 3 saturated carbocycles. The summed E-state index contributed by atoms with van der Waals surface area (Å²) >= 11 is 0. The molecule has 4 aliphatic carbocycles. The van der Waals surface area contributed by atoms with Gasteiger partial charge in [-0.3, -0.25) is 0 Å². The Hall–Kier alpha value is -0.340. The third kappa shape index (κ3) is 3.44. The van der Waals surface area contributed by atoms with Gasteiger partial charge in [0.15, 0.2) is 0 Å². The van der Waals surface area contributed by atoms with Crippen LogP contribution < -0.4 is 0 Å². The molecule has 7 atom stereocenters. The molecule has 3 unspecified atom stereocenters. The predicted molar refractivity (Wildman–Crippen MR) is 114 cm³/mol. The van der Waals surface area contributed by atoms with Gasteiger partial charge < -0.3 is 9.64 Å². The number of fused-ring (bicyclic) bond motifs is 5. The largest absolute Gasteiger partial charge is 0.374 e. The lowest BCUT2D eigenvalue weighted by Gasteiger charge is -2.58. The maximum atomic E-state index is 6.26. The molecule has 0 aliphatic heterocycles. The fourth-order valence-electron chi connectivity index (χ4n) is 7.71. The van der Waals surface area contributed by atoms with Crippen LogP contribution in [0.15, 0.2) is 11.6 Å². The molecule has 2 heteroatoms. The first kappa shape index (κ1) is 20.0. The summed E-state index contributed by atoms with van der Waals surface area (Å²) in [4.78, 5) is 2.25. The lowest BCUT2D eigenvalue weighted by atomic mass is 9.47. The van der Waals surface area contributed by atoms with Gasteiger partial charge in [0.2, 0.25) is 0 Å². The molecular weight excluding hydrogens is 330 g/mol. The van der Waals surface area contributed by atoms with E-state index in [0.29, 0.717) is 16.9 Å². The molecule has 154 valence electrons. The van der Waals surface area contributed by atoms with Gasteiger partial charge in [0.1, 0.15) is 0 Å². The Labute approximate surface area is 168 Å². The monoisotopic (exact) mass is 373 g/mol. The van der Waals surface area contributed by atoms with Crippen LogP contribution >= 0.6 is 0 Å². The van der Waals surface area contributed by atoms with E-state index < -0.39 is 0 Å². The highest BCUT2D eigenvalue weighted by atomic mass is 16.5. The van der Waals surface area contributed by atoms with Crippen LogP contribution in [0.2, 0.25) is 0 Å². The van der Waals surface area contributed by atoms with E-state index in [1.165, 1.54) is 51.4 Å². The van der Waals surface area contributed by atoms with Crippen molar-refractivity contribution in [2.45, 2.75) is 84.7 Å². The van der Waals surface area contributed by atoms with Crippen molar-refractivity contribution in [3.05, 3.63) is 11.6 Å². The molecule has 4 aliphatic rings. The average Bonchev–Trinajstić information content (AvgIpc) is 2.94. The van der Waals surface area contributed by atoms with Crippen molar-refractivity contribution < 1.29 is 4.74 Å². The van der Waals surface area contributed by atoms with Crippen LogP contribution in [0.1, 0.15) is 78.6 Å². The third-order valence-corrected chi connectivity index (χ3v) is 9.63. The number of hydrogen-bond donors (Lipinski definition) is 0. The summed E-state index contributed by atoms with van der Waals surface area (Å²) in [7, 11) is 4.29. The van der Waals surface area contributed by atoms with Crippen molar-refractivity contribution in [3.63, 3.8) is 0 Å². The average molecular weight is 374 g/mol. The van der Waals surface area contributed by atoms with Crippen molar-refractivity contribution in [3.8, 4) is 0 Å². The summed E-state index contributed by atoms with van der Waals surface area (Å²) in [6.45, 7) is 9.84. The minimum Gasteiger partial charge on any atom is -0.374 e. The molecule has 2 nitrogen and oxygen atoms in total. The third-order valence-electron chi connectivity index (χ3n) is 9.63. The molecule has 3 fully saturated rings. The Morgan fingerprint density at radius 1 is 1.04 bits per heavy atom. The van der Waals surface area contributed by atoms with E-state index in [9.17, 15) is 0 Å². The van der Waals surface area contributed by atoms with Crippen LogP contribution in [0, 0.1) is 34.5 Å². The highest BCUT2D eigenvalue weighted by Gasteiger charge is 2.57. The highest BCUT2D eigenvalue weighted by molar-refractivity contribution is 5.25. The van der Waals surface area contributed by atoms with Crippen LogP contribution in [-0.2, 0) is 4.74 Å². The fourth-order valence-corrected chi connectivity index (χ4v) is 7.71. The molecule has 4 rings (SSSR count). The van der Waals surface area contributed by atoms with Gasteiger partial charge in [-0.05, 0) is 113 Å². The molecule has 0 N–H and O–H groups in total. The summed E-state index contributed by atoms with van der Waals surface area (Å²) in [6.07, 6.45) is 15.4. The summed E-state index contributed by atoms with van der Waals surface area (Å²) in [5.74, 6) is 3.88. The van der Waals surface area contributed by atoms with E-state index in [-0.39, 0.29) is 0 Å². The molecule has 0 heterocycles. The second kappa shape index (κ2) is 7.48. The molecule has 0 bridgehead atoms. The lowest BCUT2D eigenvalue weighted by molar-refractivity contribution is -0.0563. The second-order valence-corrected chi connectivity index (χ2v) is 11.2. The van der Waals surface area contributed by atoms with Crippen LogP contribution in [-0.4, -0.2) is 38.3 Å². The Kier molecular flexibility index (Phi) is 5.53. The molecule has 27 heavy (non-hydrogen) atoms. The summed E-state index contributed by atoms with van der Waals surface area (Å²) in [5.41, 5.74) is 2.88. The van der Waals surface area contributed by atoms with Crippen LogP contribution in [0.3, 0.4) is 0 Å². The Morgan fingerprint density at radius 3 is 2.63 bits per heavy atom. The quantitative estimate of drug-likeness (QED) is 0.438. The number of nitrogens with zero attached hydrogens (tertiary/aromatic N) is 1. The number of rotatable bonds is 5. The molecule has 0 saturated heterocycles. The minimum absolute atomic E-state index is 0.382. The molecule has 0 aromatic rings. The molecular formula is C25H43NO. The standard InChI is InChI=1S/C25H43NO/c1-18-7-10-22-21-9-8-19-17-20(27-16-6-15-26(4)5)11-13-25(19,3)23(21)12-14-24(18,22)2/h17-18,20-23H,6-16H2,1-5H3/t18-,20+,21?,22?,23?,24+,25-/m0/s1. The number of ether oxygens (including phenoxy) is 1. The van der Waals surface area contributed by atoms with Gasteiger partial charge >= 0.3 is 0 Å². The van der Waals surface area contributed by atoms with Gasteiger partial charge in [0.25, 0.3) is 0 Å². The molecule has 0 aromatic heterocycles. The van der Waals surface area contributed by atoms with Gasteiger partial charge in [-0.15, -0.1) is 0 Å². The normalized spacial score (nSPS) is 46.6. The highest BCUT2D eigenvalue weighted by Crippen LogP contribution is 2.66. The van der Waals surface area contributed by atoms with Gasteiger partial charge in [-0.1, -0.05) is 32.4 Å². The second-order valence-electron chi connectivity index (χ2n) is 11.2. The summed E-state index contributed by atoms with van der Waals surface area (Å²) in [6, 6.07) is 0. The maximum Gasteiger partial charge on any atom is 0.0758 e. The van der Waals surface area contributed by atoms with Crippen LogP contribution in [0.4, 0.5) is 0 Å². The van der Waals surface area contributed by atoms with Crippen LogP contribution in [0.5, 0.6) is 0 Å². The SMILES string of the molecule is C[C@H]1CCC2C3CCC4=C[C@H](OCCCN(C)C)CC[C@]4(C)C3CC[C@@]21C. The summed E-state index contributed by atoms with van der Waals surface area (Å²) in [5, 5.41) is 0. The van der Waals surface area contributed by atoms with E-state index in [2.05, 4.69) is 45.8 Å². The Morgan fingerprint density at radius 2 is 1.85 bits per heavy atom. The first-order valence-corrected chi connectivity index (χ1v) is 11.8. The molecule has 0 radical (unpaired) electrons. The van der Waals surface area contributed by atoms with E-state index in [0.717, 1.165) is 43.2 Å². The van der Waals surface area contributed by atoms with Crippen LogP contribution in [0.25, 0.3) is 0 Å². The Bertz CT molecular complexity index is 569. The van der Waals surface area contributed by atoms with Gasteiger partial charge in [0, 0.05) is 6.61 Å². The number of hydrogen-bond acceptors (Lipinski definition) is 2. The molecule has 0 spiro atoms. The van der Waals surface area contributed by atoms with Crippen molar-refractivity contribution in [1.29, 1.82) is 0 Å². The number of allylic oxidation sites excluding steroid dienone is 1. The van der Waals surface area contributed by atoms with Gasteiger partial charge in [-0.25, -0.2) is 0 Å². The topological polar surface area (TPSA) is 12.5 Å². The minimum atomic E-state index is 0.382. The molecule has 0 aromatic carbocycles. The first-order valence-electron chi connectivity index (χ1n) is 11.8. The van der Waals surface area contributed by atoms with Crippen molar-refractivity contribution >= 4 is 0 Å². The predicted octanol–water partition coefficient (Wildman–Crippen LogP) is 5.92. The maximum absolute atomic E-state index is 6.26. The van der Waals surface area contributed by atoms with Gasteiger partial charge in [-0.2, -0.15) is 0 Å². The van der Waals surface area contributed by atoms with E-state index in [1.807, 2.05) is 0 Å². The van der Waals surface area contributed by atoms with E-state index in [4.69, 9.17) is 4.74 Å². The fraction of sp³-hybridized carbons (Fsp3) is 0.920. The zero-order valence-corrected chi connectivity index (χ0v) is 18.6. The van der Waals surface area contributed by atoms with Crippen molar-refractivity contribution in [2.75, 3.05) is 27.2 Å².